The molecule has 2 aliphatic heterocycles. The van der Waals surface area contributed by atoms with Gasteiger partial charge in [0.2, 0.25) is 0 Å². The molecule has 7 nitrogen and oxygen atoms in total. The highest BCUT2D eigenvalue weighted by molar-refractivity contribution is 5.38. The van der Waals surface area contributed by atoms with Gasteiger partial charge in [0.25, 0.3) is 0 Å². The van der Waals surface area contributed by atoms with E-state index in [1.807, 2.05) is 72.8 Å². The van der Waals surface area contributed by atoms with Crippen LogP contribution in [0.2, 0.25) is 0 Å². The highest BCUT2D eigenvalue weighted by atomic mass is 16.6. The molecule has 0 bridgehead atoms. The van der Waals surface area contributed by atoms with Crippen LogP contribution in [0, 0.1) is 6.92 Å². The summed E-state index contributed by atoms with van der Waals surface area (Å²) < 4.78 is 46.3. The van der Waals surface area contributed by atoms with Crippen molar-refractivity contribution in [2.45, 2.75) is 82.8 Å². The van der Waals surface area contributed by atoms with Crippen LogP contribution in [0.4, 0.5) is 0 Å². The van der Waals surface area contributed by atoms with Crippen molar-refractivity contribution in [2.24, 2.45) is 0 Å². The van der Waals surface area contributed by atoms with Crippen molar-refractivity contribution in [2.75, 3.05) is 19.8 Å². The van der Waals surface area contributed by atoms with Gasteiger partial charge in [-0.1, -0.05) is 152 Å². The van der Waals surface area contributed by atoms with Gasteiger partial charge in [-0.05, 0) is 70.0 Å². The number of ether oxygens (including phenoxy) is 7. The summed E-state index contributed by atoms with van der Waals surface area (Å²) >= 11 is 0. The molecule has 0 spiro atoms. The van der Waals surface area contributed by atoms with Crippen LogP contribution in [-0.2, 0) is 61.3 Å². The van der Waals surface area contributed by atoms with Crippen LogP contribution in [-0.4, -0.2) is 50.3 Å². The number of hydrogen-bond donors (Lipinski definition) is 0. The Bertz CT molecular complexity index is 2120. The normalized spacial score (nSPS) is 21.6. The number of rotatable bonds is 18. The van der Waals surface area contributed by atoms with Crippen LogP contribution in [0.25, 0.3) is 0 Å². The Morgan fingerprint density at radius 3 is 1.64 bits per heavy atom. The third-order valence-electron chi connectivity index (χ3n) is 11.1. The third-order valence-corrected chi connectivity index (χ3v) is 11.1. The maximum Gasteiger partial charge on any atom is 0.124 e. The molecular weight excluding hydrogens is 737 g/mol. The van der Waals surface area contributed by atoms with Gasteiger partial charge in [-0.2, -0.15) is 0 Å². The topological polar surface area (TPSA) is 64.6 Å². The highest BCUT2D eigenvalue weighted by Gasteiger charge is 2.49. The fourth-order valence-electron chi connectivity index (χ4n) is 7.82. The molecule has 0 N–H and O–H groups in total. The Kier molecular flexibility index (Phi) is 14.3. The quantitative estimate of drug-likeness (QED) is 0.0859. The molecule has 7 heteroatoms. The van der Waals surface area contributed by atoms with Crippen LogP contribution >= 0.6 is 0 Å². The molecule has 0 aliphatic carbocycles. The second-order valence-corrected chi connectivity index (χ2v) is 15.5. The first kappa shape index (κ1) is 40.7. The van der Waals surface area contributed by atoms with Gasteiger partial charge in [0, 0.05) is 6.42 Å². The zero-order chi connectivity index (χ0) is 40.1. The summed E-state index contributed by atoms with van der Waals surface area (Å²) in [6.07, 6.45) is -0.680. The van der Waals surface area contributed by atoms with Crippen molar-refractivity contribution in [1.82, 2.24) is 0 Å². The lowest BCUT2D eigenvalue weighted by Crippen LogP contribution is -2.58. The van der Waals surface area contributed by atoms with Crippen molar-refractivity contribution >= 4 is 0 Å². The van der Waals surface area contributed by atoms with Gasteiger partial charge in [-0.25, -0.2) is 0 Å². The molecule has 59 heavy (non-hydrogen) atoms. The summed E-state index contributed by atoms with van der Waals surface area (Å²) in [5.41, 5.74) is 8.95. The fourth-order valence-corrected chi connectivity index (χ4v) is 7.82. The summed E-state index contributed by atoms with van der Waals surface area (Å²) in [5.74, 6) is 0.870. The second kappa shape index (κ2) is 20.7. The van der Waals surface area contributed by atoms with E-state index >= 15 is 0 Å². The predicted octanol–water partition coefficient (Wildman–Crippen LogP) is 10.2. The monoisotopic (exact) mass is 790 g/mol. The molecule has 2 aliphatic rings. The van der Waals surface area contributed by atoms with Crippen molar-refractivity contribution in [3.63, 3.8) is 0 Å². The van der Waals surface area contributed by atoms with E-state index in [0.29, 0.717) is 39.6 Å². The Hall–Kier alpha value is -5.12. The van der Waals surface area contributed by atoms with Crippen LogP contribution in [0.1, 0.15) is 57.0 Å². The molecule has 0 saturated carbocycles. The van der Waals surface area contributed by atoms with E-state index in [1.165, 1.54) is 16.7 Å². The number of benzene rings is 6. The molecule has 6 atom stereocenters. The third kappa shape index (κ3) is 11.3. The molecule has 8 rings (SSSR count). The van der Waals surface area contributed by atoms with E-state index in [2.05, 4.69) is 97.9 Å². The Morgan fingerprint density at radius 1 is 0.542 bits per heavy atom. The minimum Gasteiger partial charge on any atom is -0.488 e. The molecule has 2 fully saturated rings. The van der Waals surface area contributed by atoms with Gasteiger partial charge < -0.3 is 33.2 Å². The molecule has 0 aromatic heterocycles. The largest absolute Gasteiger partial charge is 0.488 e. The van der Waals surface area contributed by atoms with Crippen molar-refractivity contribution in [1.29, 1.82) is 0 Å². The predicted molar refractivity (Wildman–Crippen MR) is 229 cm³/mol. The Balaban J connectivity index is 1.12. The molecule has 2 unspecified atom stereocenters. The van der Waals surface area contributed by atoms with Crippen LogP contribution in [0.15, 0.2) is 164 Å². The van der Waals surface area contributed by atoms with E-state index < -0.39 is 30.5 Å². The molecule has 2 saturated heterocycles. The zero-order valence-electron chi connectivity index (χ0n) is 33.8. The molecule has 0 amide bonds. The van der Waals surface area contributed by atoms with E-state index in [4.69, 9.17) is 33.2 Å². The standard InChI is InChI=1S/C52H54O7/c1-38-22-25-44(31-45(38)30-39-23-26-46(27-24-39)58-47-28-29-53-36-47)49-51(56-34-42-18-10-4-11-19-42)52(57-35-43-20-12-5-13-21-43)50(55-33-41-16-8-3-9-17-41)48(59-49)37-54-32-40-14-6-2-7-15-40/h2-27,31,47-52H,28-30,32-37H2,1H3/t47?,48-,49?,50-,51+,52+/m1/s1. The Labute approximate surface area is 348 Å². The van der Waals surface area contributed by atoms with Crippen molar-refractivity contribution in [3.8, 4) is 5.75 Å². The number of hydrogen-bond acceptors (Lipinski definition) is 7. The fraction of sp³-hybridized carbons (Fsp3) is 0.308. The Morgan fingerprint density at radius 2 is 1.08 bits per heavy atom. The molecule has 2 heterocycles. The first-order valence-electron chi connectivity index (χ1n) is 20.8. The summed E-state index contributed by atoms with van der Waals surface area (Å²) in [6, 6.07) is 56.1. The minimum absolute atomic E-state index is 0.115. The molecule has 304 valence electrons. The first-order valence-corrected chi connectivity index (χ1v) is 20.8. The van der Waals surface area contributed by atoms with E-state index in [0.717, 1.165) is 53.0 Å². The van der Waals surface area contributed by atoms with Crippen LogP contribution in [0.3, 0.4) is 0 Å². The van der Waals surface area contributed by atoms with E-state index in [9.17, 15) is 0 Å². The van der Waals surface area contributed by atoms with Crippen LogP contribution < -0.4 is 4.74 Å². The maximum absolute atomic E-state index is 7.24. The minimum atomic E-state index is -0.517. The maximum atomic E-state index is 7.24. The van der Waals surface area contributed by atoms with Gasteiger partial charge in [-0.3, -0.25) is 0 Å². The first-order chi connectivity index (χ1) is 29.1. The summed E-state index contributed by atoms with van der Waals surface area (Å²) in [6.45, 7) is 5.49. The lowest BCUT2D eigenvalue weighted by molar-refractivity contribution is -0.275. The second-order valence-electron chi connectivity index (χ2n) is 15.5. The molecule has 6 aromatic carbocycles. The smallest absolute Gasteiger partial charge is 0.124 e. The van der Waals surface area contributed by atoms with Crippen molar-refractivity contribution in [3.05, 3.63) is 208 Å². The lowest BCUT2D eigenvalue weighted by atomic mass is 9.88. The van der Waals surface area contributed by atoms with Gasteiger partial charge in [0.15, 0.2) is 0 Å². The zero-order valence-corrected chi connectivity index (χ0v) is 33.8. The molecular formula is C52H54O7. The number of aryl methyl sites for hydroxylation is 1. The van der Waals surface area contributed by atoms with E-state index in [-0.39, 0.29) is 6.10 Å². The van der Waals surface area contributed by atoms with Gasteiger partial charge in [0.05, 0.1) is 46.2 Å². The summed E-state index contributed by atoms with van der Waals surface area (Å²) in [4.78, 5) is 0. The van der Waals surface area contributed by atoms with E-state index in [1.54, 1.807) is 0 Å². The summed E-state index contributed by atoms with van der Waals surface area (Å²) in [5, 5.41) is 0. The average molecular weight is 791 g/mol. The van der Waals surface area contributed by atoms with Gasteiger partial charge in [0.1, 0.15) is 42.4 Å². The SMILES string of the molecule is Cc1ccc(C2O[C@H](COCc3ccccc3)[C@@H](OCc3ccccc3)[C@H](OCc3ccccc3)[C@H]2OCc2ccccc2)cc1Cc1ccc(OC2CCOC2)cc1. The van der Waals surface area contributed by atoms with Crippen molar-refractivity contribution < 1.29 is 33.2 Å². The highest BCUT2D eigenvalue weighted by Crippen LogP contribution is 2.39. The summed E-state index contributed by atoms with van der Waals surface area (Å²) in [7, 11) is 0. The van der Waals surface area contributed by atoms with Gasteiger partial charge in [-0.15, -0.1) is 0 Å². The average Bonchev–Trinajstić information content (AvgIpc) is 3.80. The molecule has 0 radical (unpaired) electrons. The lowest BCUT2D eigenvalue weighted by Gasteiger charge is -2.46. The van der Waals surface area contributed by atoms with Crippen LogP contribution in [0.5, 0.6) is 5.75 Å². The molecule has 6 aromatic rings. The van der Waals surface area contributed by atoms with Gasteiger partial charge >= 0.3 is 0 Å².